The number of nitrogens with zero attached hydrogens (tertiary/aromatic N) is 3. The fraction of sp³-hybridized carbons (Fsp3) is 0.118. The Labute approximate surface area is 140 Å². The van der Waals surface area contributed by atoms with Crippen LogP contribution < -0.4 is 0 Å². The van der Waals surface area contributed by atoms with Gasteiger partial charge in [0.2, 0.25) is 0 Å². The molecule has 1 unspecified atom stereocenters. The highest BCUT2D eigenvalue weighted by atomic mass is 35.5. The van der Waals surface area contributed by atoms with E-state index in [1.165, 1.54) is 6.33 Å². The summed E-state index contributed by atoms with van der Waals surface area (Å²) in [4.78, 5) is 16.2. The molecule has 0 spiro atoms. The van der Waals surface area contributed by atoms with E-state index in [0.29, 0.717) is 12.1 Å². The van der Waals surface area contributed by atoms with Crippen molar-refractivity contribution in [1.29, 1.82) is 0 Å². The smallest absolute Gasteiger partial charge is 0.338 e. The van der Waals surface area contributed by atoms with Crippen LogP contribution >= 0.6 is 12.4 Å². The van der Waals surface area contributed by atoms with Crippen LogP contribution in [-0.2, 0) is 11.3 Å². The van der Waals surface area contributed by atoms with Gasteiger partial charge in [0.25, 0.3) is 0 Å². The highest BCUT2D eigenvalue weighted by Gasteiger charge is 2.18. The topological polar surface area (TPSA) is 57.0 Å². The van der Waals surface area contributed by atoms with Gasteiger partial charge in [-0.3, -0.25) is 0 Å². The fourth-order valence-electron chi connectivity index (χ4n) is 2.15. The first-order chi connectivity index (χ1) is 10.8. The summed E-state index contributed by atoms with van der Waals surface area (Å²) in [5.41, 5.74) is 1.45. The largest absolute Gasteiger partial charge is 0.452 e. The number of benzene rings is 2. The van der Waals surface area contributed by atoms with Gasteiger partial charge in [-0.1, -0.05) is 48.5 Å². The van der Waals surface area contributed by atoms with Crippen molar-refractivity contribution in [2.45, 2.75) is 12.6 Å². The Bertz CT molecular complexity index is 718. The molecule has 0 aliphatic heterocycles. The van der Waals surface area contributed by atoms with Crippen LogP contribution in [0, 0.1) is 0 Å². The summed E-state index contributed by atoms with van der Waals surface area (Å²) in [6.45, 7) is 0.419. The molecular formula is C17H16ClN3O2. The minimum Gasteiger partial charge on any atom is -0.452 e. The molecule has 3 rings (SSSR count). The van der Waals surface area contributed by atoms with E-state index in [9.17, 15) is 4.79 Å². The Balaban J connectivity index is 0.00000192. The molecule has 1 heterocycles. The predicted octanol–water partition coefficient (Wildman–Crippen LogP) is 3.30. The van der Waals surface area contributed by atoms with Crippen molar-refractivity contribution >= 4 is 18.4 Å². The first kappa shape index (κ1) is 16.7. The second-order valence-electron chi connectivity index (χ2n) is 4.79. The van der Waals surface area contributed by atoms with Crippen LogP contribution in [0.4, 0.5) is 0 Å². The highest BCUT2D eigenvalue weighted by molar-refractivity contribution is 5.89. The summed E-state index contributed by atoms with van der Waals surface area (Å²) in [5.74, 6) is -0.352. The monoisotopic (exact) mass is 329 g/mol. The third-order valence-corrected chi connectivity index (χ3v) is 3.25. The van der Waals surface area contributed by atoms with E-state index in [2.05, 4.69) is 10.1 Å². The molecule has 0 aliphatic carbocycles. The number of carbonyl (C=O) groups excluding carboxylic acids is 1. The van der Waals surface area contributed by atoms with Gasteiger partial charge in [0.05, 0.1) is 12.1 Å². The number of halogens is 1. The molecule has 0 amide bonds. The predicted molar refractivity (Wildman–Crippen MR) is 88.3 cm³/mol. The Morgan fingerprint density at radius 3 is 2.30 bits per heavy atom. The molecule has 0 N–H and O–H groups in total. The average molecular weight is 330 g/mol. The summed E-state index contributed by atoms with van der Waals surface area (Å²) < 4.78 is 7.32. The summed E-state index contributed by atoms with van der Waals surface area (Å²) in [5, 5.41) is 4.08. The lowest BCUT2D eigenvalue weighted by molar-refractivity contribution is 0.0246. The van der Waals surface area contributed by atoms with Crippen LogP contribution in [0.3, 0.4) is 0 Å². The maximum absolute atomic E-state index is 12.3. The van der Waals surface area contributed by atoms with Crippen LogP contribution in [0.25, 0.3) is 0 Å². The van der Waals surface area contributed by atoms with Gasteiger partial charge in [0.15, 0.2) is 0 Å². The second kappa shape index (κ2) is 8.10. The van der Waals surface area contributed by atoms with Crippen LogP contribution in [-0.4, -0.2) is 20.7 Å². The molecule has 0 saturated carbocycles. The number of esters is 1. The summed E-state index contributed by atoms with van der Waals surface area (Å²) in [6.07, 6.45) is 2.64. The number of rotatable bonds is 5. The number of carbonyl (C=O) groups is 1. The third-order valence-electron chi connectivity index (χ3n) is 3.25. The van der Waals surface area contributed by atoms with E-state index < -0.39 is 6.10 Å². The second-order valence-corrected chi connectivity index (χ2v) is 4.79. The molecule has 0 bridgehead atoms. The van der Waals surface area contributed by atoms with Gasteiger partial charge in [0.1, 0.15) is 18.8 Å². The standard InChI is InChI=1S/C17H15N3O2.ClH/c21-17(15-9-5-2-6-10-15)22-16(11-20-13-18-12-19-20)14-7-3-1-4-8-14;/h1-10,12-13,16H,11H2;1H. The van der Waals surface area contributed by atoms with E-state index in [0.717, 1.165) is 5.56 Å². The molecule has 2 aromatic carbocycles. The van der Waals surface area contributed by atoms with E-state index in [1.54, 1.807) is 23.1 Å². The molecule has 0 aliphatic rings. The van der Waals surface area contributed by atoms with Crippen molar-refractivity contribution in [3.8, 4) is 0 Å². The molecular weight excluding hydrogens is 314 g/mol. The summed E-state index contributed by atoms with van der Waals surface area (Å²) in [6, 6.07) is 18.6. The number of hydrogen-bond donors (Lipinski definition) is 0. The minimum absolute atomic E-state index is 0. The lowest BCUT2D eigenvalue weighted by Crippen LogP contribution is -2.17. The lowest BCUT2D eigenvalue weighted by Gasteiger charge is -2.18. The molecule has 3 aromatic rings. The van der Waals surface area contributed by atoms with Gasteiger partial charge < -0.3 is 4.74 Å². The zero-order valence-corrected chi connectivity index (χ0v) is 13.1. The normalized spacial score (nSPS) is 11.3. The molecule has 5 nitrogen and oxygen atoms in total. The maximum atomic E-state index is 12.3. The van der Waals surface area contributed by atoms with Crippen molar-refractivity contribution < 1.29 is 9.53 Å². The van der Waals surface area contributed by atoms with Crippen molar-refractivity contribution in [3.63, 3.8) is 0 Å². The Morgan fingerprint density at radius 1 is 1.04 bits per heavy atom. The Kier molecular flexibility index (Phi) is 5.88. The van der Waals surface area contributed by atoms with Crippen LogP contribution in [0.15, 0.2) is 73.3 Å². The average Bonchev–Trinajstić information content (AvgIpc) is 3.09. The van der Waals surface area contributed by atoms with Gasteiger partial charge in [-0.15, -0.1) is 12.4 Å². The number of aromatic nitrogens is 3. The first-order valence-electron chi connectivity index (χ1n) is 6.96. The molecule has 1 atom stereocenters. The first-order valence-corrected chi connectivity index (χ1v) is 6.96. The molecule has 0 radical (unpaired) electrons. The van der Waals surface area contributed by atoms with E-state index >= 15 is 0 Å². The fourth-order valence-corrected chi connectivity index (χ4v) is 2.15. The summed E-state index contributed by atoms with van der Waals surface area (Å²) in [7, 11) is 0. The quantitative estimate of drug-likeness (QED) is 0.674. The van der Waals surface area contributed by atoms with Crippen molar-refractivity contribution in [3.05, 3.63) is 84.4 Å². The molecule has 0 fully saturated rings. The third kappa shape index (κ3) is 4.40. The number of ether oxygens (including phenoxy) is 1. The number of hydrogen-bond acceptors (Lipinski definition) is 4. The maximum Gasteiger partial charge on any atom is 0.338 e. The highest BCUT2D eigenvalue weighted by Crippen LogP contribution is 2.20. The van der Waals surface area contributed by atoms with Crippen LogP contribution in [0.2, 0.25) is 0 Å². The van der Waals surface area contributed by atoms with E-state index in [1.807, 2.05) is 48.5 Å². The lowest BCUT2D eigenvalue weighted by atomic mass is 10.1. The van der Waals surface area contributed by atoms with Crippen LogP contribution in [0.5, 0.6) is 0 Å². The van der Waals surface area contributed by atoms with Crippen molar-refractivity contribution in [2.24, 2.45) is 0 Å². The van der Waals surface area contributed by atoms with Gasteiger partial charge in [-0.2, -0.15) is 5.10 Å². The molecule has 6 heteroatoms. The molecule has 1 aromatic heterocycles. The molecule has 23 heavy (non-hydrogen) atoms. The van der Waals surface area contributed by atoms with Gasteiger partial charge in [-0.25, -0.2) is 14.5 Å². The zero-order valence-electron chi connectivity index (χ0n) is 12.3. The minimum atomic E-state index is -0.421. The Morgan fingerprint density at radius 2 is 1.70 bits per heavy atom. The van der Waals surface area contributed by atoms with Crippen molar-refractivity contribution in [1.82, 2.24) is 14.8 Å². The molecule has 0 saturated heterocycles. The van der Waals surface area contributed by atoms with E-state index in [-0.39, 0.29) is 18.4 Å². The Hall–Kier alpha value is -2.66. The summed E-state index contributed by atoms with van der Waals surface area (Å²) >= 11 is 0. The van der Waals surface area contributed by atoms with Gasteiger partial charge >= 0.3 is 5.97 Å². The van der Waals surface area contributed by atoms with Gasteiger partial charge in [0, 0.05) is 0 Å². The zero-order chi connectivity index (χ0) is 15.2. The van der Waals surface area contributed by atoms with E-state index in [4.69, 9.17) is 4.74 Å². The van der Waals surface area contributed by atoms with Crippen LogP contribution in [0.1, 0.15) is 22.0 Å². The van der Waals surface area contributed by atoms with Gasteiger partial charge in [-0.05, 0) is 17.7 Å². The SMILES string of the molecule is Cl.O=C(OC(Cn1cncn1)c1ccccc1)c1ccccc1. The van der Waals surface area contributed by atoms with Crippen molar-refractivity contribution in [2.75, 3.05) is 0 Å². The molecule has 118 valence electrons.